The molecule has 0 saturated carbocycles. The summed E-state index contributed by atoms with van der Waals surface area (Å²) in [6.07, 6.45) is 9.19. The van der Waals surface area contributed by atoms with E-state index in [0.29, 0.717) is 0 Å². The van der Waals surface area contributed by atoms with Gasteiger partial charge in [0.2, 0.25) is 0 Å². The Hall–Kier alpha value is -0.910. The minimum atomic E-state index is 0.204. The van der Waals surface area contributed by atoms with Crippen molar-refractivity contribution in [3.63, 3.8) is 0 Å². The Labute approximate surface area is 120 Å². The molecular formula is C15H25N5. The molecule has 1 aromatic rings. The molecule has 4 rings (SSSR count). The Morgan fingerprint density at radius 3 is 2.75 bits per heavy atom. The van der Waals surface area contributed by atoms with Crippen LogP contribution in [0.15, 0.2) is 12.4 Å². The fourth-order valence-corrected chi connectivity index (χ4v) is 4.68. The molecule has 2 unspecified atom stereocenters. The first-order valence-corrected chi connectivity index (χ1v) is 7.89. The molecule has 20 heavy (non-hydrogen) atoms. The van der Waals surface area contributed by atoms with Crippen molar-refractivity contribution in [3.05, 3.63) is 18.2 Å². The summed E-state index contributed by atoms with van der Waals surface area (Å²) in [6, 6.07) is 1.47. The number of hydrogen-bond acceptors (Lipinski definition) is 4. The summed E-state index contributed by atoms with van der Waals surface area (Å²) in [7, 11) is 2.30. The van der Waals surface area contributed by atoms with Crippen LogP contribution in [-0.4, -0.2) is 57.1 Å². The van der Waals surface area contributed by atoms with E-state index in [-0.39, 0.29) is 5.54 Å². The van der Waals surface area contributed by atoms with E-state index in [1.807, 2.05) is 6.20 Å². The molecule has 0 aromatic carbocycles. The van der Waals surface area contributed by atoms with Crippen LogP contribution in [0.4, 0.5) is 0 Å². The predicted molar refractivity (Wildman–Crippen MR) is 78.2 cm³/mol. The Morgan fingerprint density at radius 1 is 1.30 bits per heavy atom. The summed E-state index contributed by atoms with van der Waals surface area (Å²) in [5, 5.41) is 0. The quantitative estimate of drug-likeness (QED) is 0.861. The van der Waals surface area contributed by atoms with Crippen LogP contribution in [0.2, 0.25) is 0 Å². The van der Waals surface area contributed by atoms with Gasteiger partial charge in [0.25, 0.3) is 0 Å². The van der Waals surface area contributed by atoms with Gasteiger partial charge in [0.15, 0.2) is 0 Å². The average molecular weight is 275 g/mol. The zero-order valence-corrected chi connectivity index (χ0v) is 12.3. The number of hydrogen-bond donors (Lipinski definition) is 1. The highest BCUT2D eigenvalue weighted by Gasteiger charge is 2.49. The number of piperidine rings is 1. The fraction of sp³-hybridized carbons (Fsp3) is 0.800. The molecule has 5 heteroatoms. The normalized spacial score (nSPS) is 38.1. The van der Waals surface area contributed by atoms with Gasteiger partial charge < -0.3 is 15.2 Å². The van der Waals surface area contributed by atoms with E-state index in [0.717, 1.165) is 38.3 Å². The number of rotatable bonds is 2. The molecule has 5 nitrogen and oxygen atoms in total. The average Bonchev–Trinajstić information content (AvgIpc) is 3.00. The summed E-state index contributed by atoms with van der Waals surface area (Å²) in [5.74, 6) is 1.20. The molecule has 2 bridgehead atoms. The molecule has 3 aliphatic rings. The Balaban J connectivity index is 1.60. The van der Waals surface area contributed by atoms with Crippen molar-refractivity contribution in [1.29, 1.82) is 0 Å². The second-order valence-corrected chi connectivity index (χ2v) is 6.85. The molecule has 2 atom stereocenters. The number of aromatic nitrogens is 2. The van der Waals surface area contributed by atoms with Crippen LogP contribution in [0.3, 0.4) is 0 Å². The van der Waals surface area contributed by atoms with Crippen LogP contribution in [0.5, 0.6) is 0 Å². The van der Waals surface area contributed by atoms with E-state index < -0.39 is 0 Å². The second-order valence-electron chi connectivity index (χ2n) is 6.85. The maximum absolute atomic E-state index is 6.27. The minimum absolute atomic E-state index is 0.204. The first-order valence-electron chi connectivity index (χ1n) is 7.89. The molecule has 4 heterocycles. The largest absolute Gasteiger partial charge is 0.333 e. The van der Waals surface area contributed by atoms with Crippen molar-refractivity contribution in [2.75, 3.05) is 20.1 Å². The molecular weight excluding hydrogens is 250 g/mol. The minimum Gasteiger partial charge on any atom is -0.333 e. The molecule has 2 fully saturated rings. The first-order chi connectivity index (χ1) is 9.72. The van der Waals surface area contributed by atoms with Gasteiger partial charge in [-0.2, -0.15) is 0 Å². The van der Waals surface area contributed by atoms with Gasteiger partial charge in [-0.05, 0) is 32.7 Å². The Bertz CT molecular complexity index is 482. The lowest BCUT2D eigenvalue weighted by atomic mass is 9.81. The van der Waals surface area contributed by atoms with Crippen molar-refractivity contribution < 1.29 is 0 Å². The van der Waals surface area contributed by atoms with Crippen molar-refractivity contribution in [1.82, 2.24) is 19.4 Å². The highest BCUT2D eigenvalue weighted by Crippen LogP contribution is 2.43. The smallest absolute Gasteiger partial charge is 0.122 e. The van der Waals surface area contributed by atoms with Crippen molar-refractivity contribution in [2.45, 2.75) is 56.4 Å². The number of imidazole rings is 1. The van der Waals surface area contributed by atoms with Crippen LogP contribution in [0.25, 0.3) is 0 Å². The summed E-state index contributed by atoms with van der Waals surface area (Å²) < 4.78 is 2.28. The van der Waals surface area contributed by atoms with E-state index >= 15 is 0 Å². The predicted octanol–water partition coefficient (Wildman–Crippen LogP) is 0.653. The summed E-state index contributed by atoms with van der Waals surface area (Å²) in [6.45, 7) is 3.92. The number of nitrogens with two attached hydrogens (primary N) is 1. The zero-order valence-electron chi connectivity index (χ0n) is 12.3. The monoisotopic (exact) mass is 275 g/mol. The first kappa shape index (κ1) is 12.8. The van der Waals surface area contributed by atoms with Gasteiger partial charge in [0.1, 0.15) is 5.82 Å². The van der Waals surface area contributed by atoms with Crippen LogP contribution >= 0.6 is 0 Å². The van der Waals surface area contributed by atoms with Gasteiger partial charge in [-0.3, -0.25) is 4.90 Å². The third kappa shape index (κ3) is 1.76. The van der Waals surface area contributed by atoms with Crippen LogP contribution < -0.4 is 5.73 Å². The van der Waals surface area contributed by atoms with Gasteiger partial charge in [0, 0.05) is 49.7 Å². The fourth-order valence-electron chi connectivity index (χ4n) is 4.68. The molecule has 110 valence electrons. The lowest BCUT2D eigenvalue weighted by Crippen LogP contribution is -2.62. The molecule has 0 spiro atoms. The van der Waals surface area contributed by atoms with E-state index in [2.05, 4.69) is 32.6 Å². The van der Waals surface area contributed by atoms with E-state index in [9.17, 15) is 0 Å². The van der Waals surface area contributed by atoms with Crippen molar-refractivity contribution in [2.24, 2.45) is 5.73 Å². The molecule has 3 aliphatic heterocycles. The standard InChI is InChI=1S/C15H25N5/c1-18-12-2-3-13(18)9-15(8-12,11-16)20-7-6-19-5-4-17-14(19)10-20/h4-5,12-13H,2-3,6-11,16H2,1H3. The SMILES string of the molecule is CN1C2CCC1CC(CN)(N1CCn3ccnc3C1)C2. The molecule has 0 aliphatic carbocycles. The third-order valence-electron chi connectivity index (χ3n) is 6.01. The van der Waals surface area contributed by atoms with Crippen LogP contribution in [-0.2, 0) is 13.1 Å². The molecule has 2 N–H and O–H groups in total. The van der Waals surface area contributed by atoms with Gasteiger partial charge in [-0.1, -0.05) is 0 Å². The van der Waals surface area contributed by atoms with Gasteiger partial charge in [-0.25, -0.2) is 4.98 Å². The highest BCUT2D eigenvalue weighted by atomic mass is 15.3. The highest BCUT2D eigenvalue weighted by molar-refractivity contribution is 5.09. The molecule has 0 radical (unpaired) electrons. The Morgan fingerprint density at radius 2 is 2.05 bits per heavy atom. The van der Waals surface area contributed by atoms with Crippen LogP contribution in [0, 0.1) is 0 Å². The number of fused-ring (bicyclic) bond motifs is 3. The van der Waals surface area contributed by atoms with Crippen molar-refractivity contribution >= 4 is 0 Å². The van der Waals surface area contributed by atoms with E-state index in [1.165, 1.54) is 31.5 Å². The van der Waals surface area contributed by atoms with Crippen LogP contribution in [0.1, 0.15) is 31.5 Å². The topological polar surface area (TPSA) is 50.3 Å². The lowest BCUT2D eigenvalue weighted by molar-refractivity contribution is -0.0149. The number of nitrogens with zero attached hydrogens (tertiary/aromatic N) is 4. The Kier molecular flexibility index (Phi) is 2.91. The molecule has 1 aromatic heterocycles. The van der Waals surface area contributed by atoms with Gasteiger partial charge >= 0.3 is 0 Å². The summed E-state index contributed by atoms with van der Waals surface area (Å²) in [4.78, 5) is 9.73. The maximum atomic E-state index is 6.27. The third-order valence-corrected chi connectivity index (χ3v) is 6.01. The zero-order chi connectivity index (χ0) is 13.7. The van der Waals surface area contributed by atoms with Gasteiger partial charge in [-0.15, -0.1) is 0 Å². The maximum Gasteiger partial charge on any atom is 0.122 e. The molecule has 0 amide bonds. The van der Waals surface area contributed by atoms with Gasteiger partial charge in [0.05, 0.1) is 6.54 Å². The van der Waals surface area contributed by atoms with Crippen molar-refractivity contribution in [3.8, 4) is 0 Å². The molecule has 2 saturated heterocycles. The lowest BCUT2D eigenvalue weighted by Gasteiger charge is -2.52. The van der Waals surface area contributed by atoms with E-state index in [1.54, 1.807) is 0 Å². The second kappa shape index (κ2) is 4.55. The van der Waals surface area contributed by atoms with E-state index in [4.69, 9.17) is 5.73 Å². The summed E-state index contributed by atoms with van der Waals surface area (Å²) in [5.41, 5.74) is 6.48. The summed E-state index contributed by atoms with van der Waals surface area (Å²) >= 11 is 0.